The van der Waals surface area contributed by atoms with E-state index in [-0.39, 0.29) is 0 Å². The lowest BCUT2D eigenvalue weighted by molar-refractivity contribution is 0.0998. The zero-order chi connectivity index (χ0) is 14.0. The second kappa shape index (κ2) is 5.65. The minimum absolute atomic E-state index is 0.358. The molecule has 1 aliphatic heterocycles. The van der Waals surface area contributed by atoms with E-state index in [9.17, 15) is 4.79 Å². The van der Waals surface area contributed by atoms with Gasteiger partial charge in [0.25, 0.3) is 5.91 Å². The highest BCUT2D eigenvalue weighted by Gasteiger charge is 2.25. The van der Waals surface area contributed by atoms with Crippen LogP contribution in [0.2, 0.25) is 0 Å². The molecular formula is C14H22N4O. The maximum atomic E-state index is 11.2. The Morgan fingerprint density at radius 2 is 2.26 bits per heavy atom. The number of nitrogens with zero attached hydrogens (tertiary/aromatic N) is 3. The lowest BCUT2D eigenvalue weighted by atomic mass is 9.96. The Hall–Kier alpha value is -1.49. The third-order valence-corrected chi connectivity index (χ3v) is 3.81. The van der Waals surface area contributed by atoms with Crippen LogP contribution in [0.15, 0.2) is 6.20 Å². The van der Waals surface area contributed by atoms with Gasteiger partial charge in [-0.25, -0.2) is 9.97 Å². The second-order valence-corrected chi connectivity index (χ2v) is 5.52. The molecule has 1 aromatic rings. The minimum atomic E-state index is -0.462. The van der Waals surface area contributed by atoms with Crippen molar-refractivity contribution < 1.29 is 4.79 Å². The summed E-state index contributed by atoms with van der Waals surface area (Å²) in [6.45, 7) is 8.38. The summed E-state index contributed by atoms with van der Waals surface area (Å²) in [6, 6.07) is 0.550. The molecule has 0 aromatic carbocycles. The van der Waals surface area contributed by atoms with Crippen LogP contribution in [-0.4, -0.2) is 39.9 Å². The van der Waals surface area contributed by atoms with Crippen molar-refractivity contribution in [1.29, 1.82) is 0 Å². The Kier molecular flexibility index (Phi) is 4.14. The van der Waals surface area contributed by atoms with Gasteiger partial charge in [-0.2, -0.15) is 0 Å². The lowest BCUT2D eigenvalue weighted by Gasteiger charge is -2.34. The van der Waals surface area contributed by atoms with E-state index in [1.54, 1.807) is 6.20 Å². The van der Waals surface area contributed by atoms with Gasteiger partial charge in [0, 0.05) is 24.7 Å². The molecule has 2 N–H and O–H groups in total. The van der Waals surface area contributed by atoms with Crippen LogP contribution in [0.3, 0.4) is 0 Å². The fraction of sp³-hybridized carbons (Fsp3) is 0.643. The molecule has 0 saturated carbocycles. The van der Waals surface area contributed by atoms with E-state index in [1.165, 1.54) is 6.42 Å². The summed E-state index contributed by atoms with van der Waals surface area (Å²) in [4.78, 5) is 22.5. The second-order valence-electron chi connectivity index (χ2n) is 5.52. The Morgan fingerprint density at radius 1 is 1.53 bits per heavy atom. The molecule has 2 rings (SSSR count). The molecule has 5 nitrogen and oxygen atoms in total. The fourth-order valence-electron chi connectivity index (χ4n) is 2.61. The molecule has 1 atom stereocenters. The van der Waals surface area contributed by atoms with Crippen molar-refractivity contribution in [3.8, 4) is 0 Å². The predicted octanol–water partition coefficient (Wildman–Crippen LogP) is 1.47. The van der Waals surface area contributed by atoms with Crippen molar-refractivity contribution in [2.75, 3.05) is 13.1 Å². The normalized spacial score (nSPS) is 20.7. The summed E-state index contributed by atoms with van der Waals surface area (Å²) >= 11 is 0. The summed E-state index contributed by atoms with van der Waals surface area (Å²) < 4.78 is 0. The molecule has 1 amide bonds. The van der Waals surface area contributed by atoms with E-state index >= 15 is 0 Å². The van der Waals surface area contributed by atoms with Gasteiger partial charge in [0.2, 0.25) is 0 Å². The van der Waals surface area contributed by atoms with Crippen LogP contribution in [0.5, 0.6) is 0 Å². The largest absolute Gasteiger partial charge is 0.365 e. The Balaban J connectivity index is 2.18. The van der Waals surface area contributed by atoms with Gasteiger partial charge in [-0.1, -0.05) is 0 Å². The molecular weight excluding hydrogens is 240 g/mol. The van der Waals surface area contributed by atoms with Crippen molar-refractivity contribution >= 4 is 5.91 Å². The number of aryl methyl sites for hydroxylation is 1. The van der Waals surface area contributed by atoms with Gasteiger partial charge in [0.15, 0.2) is 0 Å². The molecule has 1 unspecified atom stereocenters. The third kappa shape index (κ3) is 3.10. The number of rotatable bonds is 3. The maximum absolute atomic E-state index is 11.2. The zero-order valence-electron chi connectivity index (χ0n) is 11.9. The van der Waals surface area contributed by atoms with Gasteiger partial charge in [-0.3, -0.25) is 4.79 Å². The summed E-state index contributed by atoms with van der Waals surface area (Å²) in [6.07, 6.45) is 3.84. The molecule has 19 heavy (non-hydrogen) atoms. The first-order chi connectivity index (χ1) is 8.99. The molecule has 104 valence electrons. The molecule has 0 radical (unpaired) electrons. The molecule has 0 spiro atoms. The average molecular weight is 262 g/mol. The molecule has 2 heterocycles. The van der Waals surface area contributed by atoms with Crippen LogP contribution in [0.1, 0.15) is 54.5 Å². The van der Waals surface area contributed by atoms with E-state index in [0.29, 0.717) is 23.2 Å². The van der Waals surface area contributed by atoms with Gasteiger partial charge in [-0.15, -0.1) is 0 Å². The van der Waals surface area contributed by atoms with Crippen molar-refractivity contribution in [2.45, 2.75) is 45.6 Å². The topological polar surface area (TPSA) is 72.1 Å². The maximum Gasteiger partial charge on any atom is 0.252 e. The van der Waals surface area contributed by atoms with E-state index < -0.39 is 5.91 Å². The minimum Gasteiger partial charge on any atom is -0.365 e. The first-order valence-electron chi connectivity index (χ1n) is 6.86. The van der Waals surface area contributed by atoms with Gasteiger partial charge in [-0.05, 0) is 40.2 Å². The quantitative estimate of drug-likeness (QED) is 0.895. The first-order valence-corrected chi connectivity index (χ1v) is 6.86. The van der Waals surface area contributed by atoms with Crippen LogP contribution in [0, 0.1) is 6.92 Å². The molecule has 0 aliphatic carbocycles. The number of carbonyl (C=O) groups is 1. The molecule has 1 aromatic heterocycles. The predicted molar refractivity (Wildman–Crippen MR) is 74.0 cm³/mol. The van der Waals surface area contributed by atoms with Crippen molar-refractivity contribution in [2.24, 2.45) is 5.73 Å². The molecule has 5 heteroatoms. The van der Waals surface area contributed by atoms with Crippen LogP contribution in [0.25, 0.3) is 0 Å². The third-order valence-electron chi connectivity index (χ3n) is 3.81. The van der Waals surface area contributed by atoms with Crippen LogP contribution in [-0.2, 0) is 0 Å². The number of carbonyl (C=O) groups excluding carboxylic acids is 1. The number of nitrogens with two attached hydrogens (primary N) is 1. The Morgan fingerprint density at radius 3 is 2.84 bits per heavy atom. The van der Waals surface area contributed by atoms with Gasteiger partial charge in [0.1, 0.15) is 5.82 Å². The Bertz CT molecular complexity index is 473. The number of likely N-dealkylation sites (tertiary alicyclic amines) is 1. The van der Waals surface area contributed by atoms with E-state index in [0.717, 1.165) is 25.3 Å². The molecule has 1 saturated heterocycles. The van der Waals surface area contributed by atoms with Gasteiger partial charge >= 0.3 is 0 Å². The highest BCUT2D eigenvalue weighted by molar-refractivity contribution is 5.93. The number of piperidine rings is 1. The number of amides is 1. The SMILES string of the molecule is Cc1nc(C2CCCN(C(C)C)C2)ncc1C(N)=O. The van der Waals surface area contributed by atoms with E-state index in [1.807, 2.05) is 6.92 Å². The van der Waals surface area contributed by atoms with Crippen molar-refractivity contribution in [3.63, 3.8) is 0 Å². The summed E-state index contributed by atoms with van der Waals surface area (Å²) in [5, 5.41) is 0. The monoisotopic (exact) mass is 262 g/mol. The fourth-order valence-corrected chi connectivity index (χ4v) is 2.61. The van der Waals surface area contributed by atoms with E-state index in [2.05, 4.69) is 28.7 Å². The molecule has 0 bridgehead atoms. The summed E-state index contributed by atoms with van der Waals surface area (Å²) in [5.41, 5.74) is 6.37. The number of hydrogen-bond acceptors (Lipinski definition) is 4. The standard InChI is InChI=1S/C14H22N4O/c1-9(2)18-6-4-5-11(8-18)14-16-7-12(13(15)19)10(3)17-14/h7,9,11H,4-6,8H2,1-3H3,(H2,15,19). The number of hydrogen-bond donors (Lipinski definition) is 1. The van der Waals surface area contributed by atoms with Gasteiger partial charge in [0.05, 0.1) is 11.3 Å². The highest BCUT2D eigenvalue weighted by Crippen LogP contribution is 2.25. The van der Waals surface area contributed by atoms with Crippen LogP contribution < -0.4 is 5.73 Å². The number of aromatic nitrogens is 2. The van der Waals surface area contributed by atoms with Crippen molar-refractivity contribution in [3.05, 3.63) is 23.3 Å². The average Bonchev–Trinajstić information content (AvgIpc) is 2.38. The first kappa shape index (κ1) is 13.9. The molecule has 1 fully saturated rings. The van der Waals surface area contributed by atoms with Crippen molar-refractivity contribution in [1.82, 2.24) is 14.9 Å². The number of primary amides is 1. The molecule has 1 aliphatic rings. The van der Waals surface area contributed by atoms with Gasteiger partial charge < -0.3 is 10.6 Å². The van der Waals surface area contributed by atoms with E-state index in [4.69, 9.17) is 5.73 Å². The van der Waals surface area contributed by atoms with Crippen LogP contribution in [0.4, 0.5) is 0 Å². The Labute approximate surface area is 114 Å². The smallest absolute Gasteiger partial charge is 0.252 e. The lowest BCUT2D eigenvalue weighted by Crippen LogP contribution is -2.39. The van der Waals surface area contributed by atoms with Crippen LogP contribution >= 0.6 is 0 Å². The zero-order valence-corrected chi connectivity index (χ0v) is 11.9. The summed E-state index contributed by atoms with van der Waals surface area (Å²) in [5.74, 6) is 0.737. The highest BCUT2D eigenvalue weighted by atomic mass is 16.1. The summed E-state index contributed by atoms with van der Waals surface area (Å²) in [7, 11) is 0.